The summed E-state index contributed by atoms with van der Waals surface area (Å²) in [5.74, 6) is -1.78. The van der Waals surface area contributed by atoms with Crippen LogP contribution in [0.3, 0.4) is 0 Å². The van der Waals surface area contributed by atoms with Gasteiger partial charge in [0, 0.05) is 0 Å². The van der Waals surface area contributed by atoms with Crippen molar-refractivity contribution >= 4 is 0 Å². The van der Waals surface area contributed by atoms with Crippen molar-refractivity contribution in [3.8, 4) is 0 Å². The van der Waals surface area contributed by atoms with E-state index in [1.807, 2.05) is 0 Å². The molecular formula is C6H13NO2. The van der Waals surface area contributed by atoms with Crippen molar-refractivity contribution in [2.45, 2.75) is 25.2 Å². The van der Waals surface area contributed by atoms with Gasteiger partial charge in [-0.3, -0.25) is 0 Å². The summed E-state index contributed by atoms with van der Waals surface area (Å²) in [5, 5.41) is 17.6. The van der Waals surface area contributed by atoms with E-state index in [2.05, 4.69) is 6.58 Å². The first kappa shape index (κ1) is 8.62. The highest BCUT2D eigenvalue weighted by Crippen LogP contribution is 2.05. The van der Waals surface area contributed by atoms with Gasteiger partial charge in [-0.15, -0.1) is 6.58 Å². The summed E-state index contributed by atoms with van der Waals surface area (Å²) in [6.07, 6.45) is 1.96. The molecule has 4 N–H and O–H groups in total. The first-order chi connectivity index (χ1) is 3.98. The Labute approximate surface area is 54.8 Å². The minimum atomic E-state index is -1.78. The molecule has 0 aliphatic heterocycles. The van der Waals surface area contributed by atoms with Crippen LogP contribution in [-0.2, 0) is 0 Å². The number of nitrogens with two attached hydrogens (primary N) is 1. The quantitative estimate of drug-likeness (QED) is 0.360. The Morgan fingerprint density at radius 1 is 1.78 bits per heavy atom. The van der Waals surface area contributed by atoms with Gasteiger partial charge in [0.15, 0.2) is 5.79 Å². The summed E-state index contributed by atoms with van der Waals surface area (Å²) in [7, 11) is 0. The Hall–Kier alpha value is -0.380. The maximum atomic E-state index is 8.80. The van der Waals surface area contributed by atoms with Crippen LogP contribution in [-0.4, -0.2) is 22.0 Å². The molecule has 0 saturated carbocycles. The predicted octanol–water partition coefficient (Wildman–Crippen LogP) is -0.409. The van der Waals surface area contributed by atoms with E-state index >= 15 is 0 Å². The Morgan fingerprint density at radius 3 is 2.33 bits per heavy atom. The smallest absolute Gasteiger partial charge is 0.175 e. The lowest BCUT2D eigenvalue weighted by Crippen LogP contribution is -2.44. The van der Waals surface area contributed by atoms with Gasteiger partial charge < -0.3 is 15.9 Å². The normalized spacial score (nSPS) is 15.1. The number of rotatable bonds is 3. The minimum absolute atomic E-state index is 0.406. The van der Waals surface area contributed by atoms with Gasteiger partial charge in [0.25, 0.3) is 0 Å². The van der Waals surface area contributed by atoms with Crippen molar-refractivity contribution in [1.82, 2.24) is 0 Å². The van der Waals surface area contributed by atoms with Crippen molar-refractivity contribution < 1.29 is 10.2 Å². The fourth-order valence-electron chi connectivity index (χ4n) is 0.403. The maximum absolute atomic E-state index is 8.80. The van der Waals surface area contributed by atoms with Crippen LogP contribution in [0.25, 0.3) is 0 Å². The van der Waals surface area contributed by atoms with E-state index in [0.717, 1.165) is 0 Å². The molecular weight excluding hydrogens is 118 g/mol. The van der Waals surface area contributed by atoms with Crippen molar-refractivity contribution in [1.29, 1.82) is 0 Å². The number of hydrogen-bond acceptors (Lipinski definition) is 3. The summed E-state index contributed by atoms with van der Waals surface area (Å²) < 4.78 is 0. The third kappa shape index (κ3) is 3.24. The van der Waals surface area contributed by atoms with Gasteiger partial charge in [-0.25, -0.2) is 0 Å². The zero-order valence-electron chi connectivity index (χ0n) is 5.54. The van der Waals surface area contributed by atoms with E-state index in [1.54, 1.807) is 6.08 Å². The highest BCUT2D eigenvalue weighted by molar-refractivity contribution is 4.82. The molecule has 54 valence electrons. The van der Waals surface area contributed by atoms with Gasteiger partial charge in [0.2, 0.25) is 0 Å². The number of aliphatic hydroxyl groups is 2. The topological polar surface area (TPSA) is 66.5 Å². The van der Waals surface area contributed by atoms with Crippen LogP contribution in [0.1, 0.15) is 13.3 Å². The largest absolute Gasteiger partial charge is 0.365 e. The molecule has 0 rings (SSSR count). The molecule has 0 amide bonds. The molecule has 0 bridgehead atoms. The fraction of sp³-hybridized carbons (Fsp3) is 0.667. The highest BCUT2D eigenvalue weighted by atomic mass is 16.5. The van der Waals surface area contributed by atoms with Gasteiger partial charge in [0.1, 0.15) is 0 Å². The summed E-state index contributed by atoms with van der Waals surface area (Å²) in [4.78, 5) is 0. The molecule has 3 heteroatoms. The van der Waals surface area contributed by atoms with E-state index in [-0.39, 0.29) is 0 Å². The molecule has 0 heterocycles. The molecule has 9 heavy (non-hydrogen) atoms. The SMILES string of the molecule is C=CCC(N)C(C)(O)O. The predicted molar refractivity (Wildman–Crippen MR) is 35.6 cm³/mol. The zero-order chi connectivity index (χ0) is 7.49. The van der Waals surface area contributed by atoms with Crippen LogP contribution in [0, 0.1) is 0 Å². The van der Waals surface area contributed by atoms with E-state index in [0.29, 0.717) is 6.42 Å². The average molecular weight is 131 g/mol. The summed E-state index contributed by atoms with van der Waals surface area (Å²) in [6, 6.07) is -0.644. The molecule has 0 saturated heterocycles. The van der Waals surface area contributed by atoms with Crippen molar-refractivity contribution in [2.75, 3.05) is 0 Å². The highest BCUT2D eigenvalue weighted by Gasteiger charge is 2.23. The van der Waals surface area contributed by atoms with Gasteiger partial charge in [-0.05, 0) is 13.3 Å². The Bertz CT molecular complexity index is 95.7. The Balaban J connectivity index is 3.72. The Morgan fingerprint density at radius 2 is 2.22 bits per heavy atom. The van der Waals surface area contributed by atoms with Gasteiger partial charge in [-0.2, -0.15) is 0 Å². The summed E-state index contributed by atoms with van der Waals surface area (Å²) >= 11 is 0. The molecule has 1 unspecified atom stereocenters. The standard InChI is InChI=1S/C6H13NO2/c1-3-4-5(7)6(2,8)9/h3,5,8-9H,1,4,7H2,2H3. The van der Waals surface area contributed by atoms with Crippen LogP contribution in [0.5, 0.6) is 0 Å². The van der Waals surface area contributed by atoms with E-state index in [9.17, 15) is 0 Å². The Kier molecular flexibility index (Phi) is 2.84. The lowest BCUT2D eigenvalue weighted by Gasteiger charge is -2.22. The van der Waals surface area contributed by atoms with Crippen LogP contribution >= 0.6 is 0 Å². The van der Waals surface area contributed by atoms with Crippen LogP contribution < -0.4 is 5.73 Å². The fourth-order valence-corrected chi connectivity index (χ4v) is 0.403. The first-order valence-electron chi connectivity index (χ1n) is 2.79. The molecule has 0 aromatic carbocycles. The molecule has 3 nitrogen and oxygen atoms in total. The lowest BCUT2D eigenvalue weighted by atomic mass is 10.1. The first-order valence-corrected chi connectivity index (χ1v) is 2.79. The van der Waals surface area contributed by atoms with Gasteiger partial charge >= 0.3 is 0 Å². The van der Waals surface area contributed by atoms with E-state index in [1.165, 1.54) is 6.92 Å². The van der Waals surface area contributed by atoms with E-state index in [4.69, 9.17) is 15.9 Å². The second-order valence-corrected chi connectivity index (χ2v) is 2.22. The lowest BCUT2D eigenvalue weighted by molar-refractivity contribution is -0.160. The van der Waals surface area contributed by atoms with Crippen LogP contribution in [0.4, 0.5) is 0 Å². The average Bonchev–Trinajstić information content (AvgIpc) is 1.64. The van der Waals surface area contributed by atoms with Gasteiger partial charge in [0.05, 0.1) is 6.04 Å². The van der Waals surface area contributed by atoms with Crippen molar-refractivity contribution in [2.24, 2.45) is 5.73 Å². The molecule has 0 aliphatic carbocycles. The third-order valence-corrected chi connectivity index (χ3v) is 1.12. The van der Waals surface area contributed by atoms with Crippen LogP contribution in [0.2, 0.25) is 0 Å². The minimum Gasteiger partial charge on any atom is -0.365 e. The third-order valence-electron chi connectivity index (χ3n) is 1.12. The second-order valence-electron chi connectivity index (χ2n) is 2.22. The molecule has 0 aromatic heterocycles. The van der Waals surface area contributed by atoms with E-state index < -0.39 is 11.8 Å². The molecule has 1 atom stereocenters. The summed E-state index contributed by atoms with van der Waals surface area (Å²) in [6.45, 7) is 4.66. The second kappa shape index (κ2) is 2.96. The number of hydrogen-bond donors (Lipinski definition) is 3. The molecule has 0 aliphatic rings. The molecule has 0 spiro atoms. The van der Waals surface area contributed by atoms with Crippen LogP contribution in [0.15, 0.2) is 12.7 Å². The van der Waals surface area contributed by atoms with Crippen molar-refractivity contribution in [3.05, 3.63) is 12.7 Å². The maximum Gasteiger partial charge on any atom is 0.175 e. The monoisotopic (exact) mass is 131 g/mol. The van der Waals surface area contributed by atoms with Gasteiger partial charge in [-0.1, -0.05) is 6.08 Å². The molecule has 0 radical (unpaired) electrons. The summed E-state index contributed by atoms with van der Waals surface area (Å²) in [5.41, 5.74) is 5.29. The molecule has 0 aromatic rings. The molecule has 0 fully saturated rings. The zero-order valence-corrected chi connectivity index (χ0v) is 5.54. The van der Waals surface area contributed by atoms with Crippen molar-refractivity contribution in [3.63, 3.8) is 0 Å².